The standard InChI is InChI=1S/C21H17NO3/c23-19(12-14-4-2-1-3-5-14)16-7-6-15-8-9-18(17(15)13-16)22-20(24)10-11-21(22)25/h1-7,10-11,13,18H,8-9,12H2/t18-/m0/s1. The SMILES string of the molecule is O=C(Cc1ccccc1)c1ccc2c(c1)[C@@H](N1C(=O)C=CC1=O)CC2. The third kappa shape index (κ3) is 2.80. The minimum atomic E-state index is -0.274. The molecule has 0 saturated heterocycles. The Bertz CT molecular complexity index is 881. The van der Waals surface area contributed by atoms with Gasteiger partial charge in [0, 0.05) is 24.1 Å². The highest BCUT2D eigenvalue weighted by molar-refractivity contribution is 6.13. The van der Waals surface area contributed by atoms with Crippen molar-refractivity contribution < 1.29 is 14.4 Å². The van der Waals surface area contributed by atoms with Crippen molar-refractivity contribution in [3.8, 4) is 0 Å². The molecule has 25 heavy (non-hydrogen) atoms. The van der Waals surface area contributed by atoms with Crippen LogP contribution in [-0.2, 0) is 22.4 Å². The molecule has 0 fully saturated rings. The van der Waals surface area contributed by atoms with Gasteiger partial charge in [-0.15, -0.1) is 0 Å². The molecule has 0 bridgehead atoms. The number of hydrogen-bond donors (Lipinski definition) is 0. The van der Waals surface area contributed by atoms with E-state index < -0.39 is 0 Å². The first-order valence-electron chi connectivity index (χ1n) is 8.38. The van der Waals surface area contributed by atoms with Crippen LogP contribution in [0.2, 0.25) is 0 Å². The Labute approximate surface area is 145 Å². The molecule has 1 heterocycles. The number of imide groups is 1. The van der Waals surface area contributed by atoms with Crippen molar-refractivity contribution in [1.29, 1.82) is 0 Å². The van der Waals surface area contributed by atoms with E-state index in [1.54, 1.807) is 0 Å². The van der Waals surface area contributed by atoms with Crippen molar-refractivity contribution >= 4 is 17.6 Å². The van der Waals surface area contributed by atoms with Crippen molar-refractivity contribution in [2.45, 2.75) is 25.3 Å². The summed E-state index contributed by atoms with van der Waals surface area (Å²) in [6.45, 7) is 0. The van der Waals surface area contributed by atoms with Crippen LogP contribution < -0.4 is 0 Å². The lowest BCUT2D eigenvalue weighted by Crippen LogP contribution is -2.33. The van der Waals surface area contributed by atoms with E-state index in [0.717, 1.165) is 23.1 Å². The number of Topliss-reactive ketones (excluding diaryl/α,β-unsaturated/α-hetero) is 1. The maximum absolute atomic E-state index is 12.6. The second-order valence-corrected chi connectivity index (χ2v) is 6.43. The number of carbonyl (C=O) groups is 3. The summed E-state index contributed by atoms with van der Waals surface area (Å²) in [5, 5.41) is 0. The molecule has 1 atom stereocenters. The minimum Gasteiger partial charge on any atom is -0.294 e. The van der Waals surface area contributed by atoms with E-state index in [0.29, 0.717) is 18.4 Å². The van der Waals surface area contributed by atoms with E-state index >= 15 is 0 Å². The average Bonchev–Trinajstić information content (AvgIpc) is 3.18. The monoisotopic (exact) mass is 331 g/mol. The summed E-state index contributed by atoms with van der Waals surface area (Å²) in [6.07, 6.45) is 4.48. The van der Waals surface area contributed by atoms with Crippen LogP contribution in [0.5, 0.6) is 0 Å². The van der Waals surface area contributed by atoms with Crippen LogP contribution in [0.4, 0.5) is 0 Å². The molecule has 1 aliphatic carbocycles. The molecule has 0 radical (unpaired) electrons. The van der Waals surface area contributed by atoms with Crippen LogP contribution >= 0.6 is 0 Å². The van der Waals surface area contributed by atoms with Crippen molar-refractivity contribution in [1.82, 2.24) is 4.90 Å². The normalized spacial score (nSPS) is 18.7. The van der Waals surface area contributed by atoms with E-state index in [2.05, 4.69) is 0 Å². The highest BCUT2D eigenvalue weighted by Gasteiger charge is 2.36. The Balaban J connectivity index is 1.61. The van der Waals surface area contributed by atoms with Gasteiger partial charge in [0.2, 0.25) is 0 Å². The highest BCUT2D eigenvalue weighted by atomic mass is 16.2. The van der Waals surface area contributed by atoms with Crippen molar-refractivity contribution in [3.05, 3.63) is 82.9 Å². The van der Waals surface area contributed by atoms with Gasteiger partial charge < -0.3 is 0 Å². The maximum atomic E-state index is 12.6. The number of ketones is 1. The molecule has 4 nitrogen and oxygen atoms in total. The summed E-state index contributed by atoms with van der Waals surface area (Å²) in [5.41, 5.74) is 3.62. The number of rotatable bonds is 4. The van der Waals surface area contributed by atoms with Gasteiger partial charge in [-0.25, -0.2) is 0 Å². The van der Waals surface area contributed by atoms with Gasteiger partial charge in [-0.05, 0) is 35.6 Å². The van der Waals surface area contributed by atoms with Gasteiger partial charge in [0.05, 0.1) is 6.04 Å². The van der Waals surface area contributed by atoms with Gasteiger partial charge >= 0.3 is 0 Å². The lowest BCUT2D eigenvalue weighted by atomic mass is 9.98. The first kappa shape index (κ1) is 15.5. The maximum Gasteiger partial charge on any atom is 0.254 e. The molecular weight excluding hydrogens is 314 g/mol. The lowest BCUT2D eigenvalue weighted by molar-refractivity contribution is -0.139. The molecular formula is C21H17NO3. The van der Waals surface area contributed by atoms with E-state index in [1.807, 2.05) is 48.5 Å². The van der Waals surface area contributed by atoms with Crippen molar-refractivity contribution in [2.75, 3.05) is 0 Å². The fourth-order valence-corrected chi connectivity index (χ4v) is 3.62. The first-order valence-corrected chi connectivity index (χ1v) is 8.38. The molecule has 0 aromatic heterocycles. The summed E-state index contributed by atoms with van der Waals surface area (Å²) in [5.74, 6) is -0.510. The minimum absolute atomic E-state index is 0.0388. The van der Waals surface area contributed by atoms with Crippen LogP contribution in [0.25, 0.3) is 0 Å². The quantitative estimate of drug-likeness (QED) is 0.639. The number of fused-ring (bicyclic) bond motifs is 1. The second-order valence-electron chi connectivity index (χ2n) is 6.43. The summed E-state index contributed by atoms with van der Waals surface area (Å²) in [4.78, 5) is 37.9. The van der Waals surface area contributed by atoms with Crippen LogP contribution in [0.3, 0.4) is 0 Å². The van der Waals surface area contributed by atoms with Gasteiger partial charge in [0.15, 0.2) is 5.78 Å². The molecule has 4 heteroatoms. The Hall–Kier alpha value is -3.01. The zero-order chi connectivity index (χ0) is 17.4. The van der Waals surface area contributed by atoms with E-state index in [-0.39, 0.29) is 23.6 Å². The van der Waals surface area contributed by atoms with Gasteiger partial charge in [-0.1, -0.05) is 42.5 Å². The second kappa shape index (κ2) is 6.13. The molecule has 0 unspecified atom stereocenters. The van der Waals surface area contributed by atoms with Gasteiger partial charge in [0.1, 0.15) is 0 Å². The van der Waals surface area contributed by atoms with Gasteiger partial charge in [-0.3, -0.25) is 19.3 Å². The van der Waals surface area contributed by atoms with Gasteiger partial charge in [-0.2, -0.15) is 0 Å². The predicted molar refractivity (Wildman–Crippen MR) is 93.0 cm³/mol. The molecule has 0 N–H and O–H groups in total. The molecule has 1 aliphatic heterocycles. The van der Waals surface area contributed by atoms with Crippen LogP contribution in [-0.4, -0.2) is 22.5 Å². The summed E-state index contributed by atoms with van der Waals surface area (Å²) in [7, 11) is 0. The summed E-state index contributed by atoms with van der Waals surface area (Å²) in [6, 6.07) is 15.0. The fraction of sp³-hybridized carbons (Fsp3) is 0.190. The smallest absolute Gasteiger partial charge is 0.254 e. The number of nitrogens with zero attached hydrogens (tertiary/aromatic N) is 1. The molecule has 0 spiro atoms. The number of benzene rings is 2. The zero-order valence-electron chi connectivity index (χ0n) is 13.6. The Kier molecular flexibility index (Phi) is 3.80. The van der Waals surface area contributed by atoms with Gasteiger partial charge in [0.25, 0.3) is 11.8 Å². The Morgan fingerprint density at radius 1 is 1.00 bits per heavy atom. The molecule has 124 valence electrons. The number of carbonyl (C=O) groups excluding carboxylic acids is 3. The topological polar surface area (TPSA) is 54.5 Å². The van der Waals surface area contributed by atoms with Crippen LogP contribution in [0.15, 0.2) is 60.7 Å². The highest BCUT2D eigenvalue weighted by Crippen LogP contribution is 2.37. The van der Waals surface area contributed by atoms with Crippen LogP contribution in [0.1, 0.15) is 39.5 Å². The molecule has 2 aromatic rings. The number of aryl methyl sites for hydroxylation is 1. The zero-order valence-corrected chi connectivity index (χ0v) is 13.6. The van der Waals surface area contributed by atoms with E-state index in [4.69, 9.17) is 0 Å². The molecule has 2 amide bonds. The Morgan fingerprint density at radius 3 is 2.44 bits per heavy atom. The third-order valence-corrected chi connectivity index (χ3v) is 4.88. The lowest BCUT2D eigenvalue weighted by Gasteiger charge is -2.23. The van der Waals surface area contributed by atoms with Crippen molar-refractivity contribution in [3.63, 3.8) is 0 Å². The number of amides is 2. The van der Waals surface area contributed by atoms with E-state index in [9.17, 15) is 14.4 Å². The van der Waals surface area contributed by atoms with Crippen molar-refractivity contribution in [2.24, 2.45) is 0 Å². The van der Waals surface area contributed by atoms with Crippen LogP contribution in [0, 0.1) is 0 Å². The predicted octanol–water partition coefficient (Wildman–Crippen LogP) is 3.02. The molecule has 0 saturated carbocycles. The molecule has 2 aliphatic rings. The Morgan fingerprint density at radius 2 is 1.72 bits per heavy atom. The summed E-state index contributed by atoms with van der Waals surface area (Å²) >= 11 is 0. The fourth-order valence-electron chi connectivity index (χ4n) is 3.62. The molecule has 2 aromatic carbocycles. The molecule has 4 rings (SSSR count). The third-order valence-electron chi connectivity index (χ3n) is 4.88. The summed E-state index contributed by atoms with van der Waals surface area (Å²) < 4.78 is 0. The number of hydrogen-bond acceptors (Lipinski definition) is 3. The largest absolute Gasteiger partial charge is 0.294 e. The van der Waals surface area contributed by atoms with E-state index in [1.165, 1.54) is 17.1 Å². The first-order chi connectivity index (χ1) is 12.1. The average molecular weight is 331 g/mol.